The number of rotatable bonds is 9. The average Bonchev–Trinajstić information content (AvgIpc) is 2.73. The smallest absolute Gasteiger partial charge is 0.224 e. The van der Waals surface area contributed by atoms with Crippen molar-refractivity contribution < 1.29 is 23.5 Å². The maximum absolute atomic E-state index is 13.7. The van der Waals surface area contributed by atoms with Crippen LogP contribution in [0.1, 0.15) is 45.2 Å². The number of pyridine rings is 1. The third-order valence-corrected chi connectivity index (χ3v) is 5.27. The van der Waals surface area contributed by atoms with Gasteiger partial charge in [0.1, 0.15) is 11.6 Å². The Balaban J connectivity index is 0.00000408. The molecule has 0 unspecified atom stereocenters. The highest BCUT2D eigenvalue weighted by Gasteiger charge is 2.26. The van der Waals surface area contributed by atoms with Crippen LogP contribution in [0.5, 0.6) is 0 Å². The number of ketones is 1. The lowest BCUT2D eigenvalue weighted by molar-refractivity contribution is -0.131. The van der Waals surface area contributed by atoms with Gasteiger partial charge < -0.3 is 16.2 Å². The molecule has 0 bridgehead atoms. The van der Waals surface area contributed by atoms with Gasteiger partial charge in [-0.25, -0.2) is 13.8 Å². The van der Waals surface area contributed by atoms with Crippen molar-refractivity contribution in [2.24, 2.45) is 5.92 Å². The molecular formula is C26H31F2N3O3. The summed E-state index contributed by atoms with van der Waals surface area (Å²) >= 11 is 0. The number of Topliss-reactive ketones (excluding diaryl/α,β-unsaturated/α-hetero) is 1. The zero-order chi connectivity index (χ0) is 24.2. The van der Waals surface area contributed by atoms with E-state index in [9.17, 15) is 23.5 Å². The summed E-state index contributed by atoms with van der Waals surface area (Å²) in [6, 6.07) is 10.8. The molecule has 182 valence electrons. The van der Waals surface area contributed by atoms with Crippen LogP contribution in [-0.2, 0) is 22.6 Å². The first kappa shape index (κ1) is 26.9. The van der Waals surface area contributed by atoms with Gasteiger partial charge in [0.2, 0.25) is 5.91 Å². The van der Waals surface area contributed by atoms with E-state index in [0.29, 0.717) is 11.4 Å². The zero-order valence-corrected chi connectivity index (χ0v) is 18.6. The van der Waals surface area contributed by atoms with E-state index < -0.39 is 29.1 Å². The molecule has 1 heterocycles. The molecule has 0 aliphatic rings. The van der Waals surface area contributed by atoms with E-state index >= 15 is 0 Å². The number of nitrogen functional groups attached to an aromatic ring is 1. The molecule has 0 saturated carbocycles. The first-order valence-corrected chi connectivity index (χ1v) is 10.6. The molecule has 3 rings (SSSR count). The van der Waals surface area contributed by atoms with Gasteiger partial charge in [-0.3, -0.25) is 9.59 Å². The summed E-state index contributed by atoms with van der Waals surface area (Å²) in [5, 5.41) is 14.4. The zero-order valence-electron chi connectivity index (χ0n) is 18.6. The van der Waals surface area contributed by atoms with Crippen LogP contribution in [0.2, 0.25) is 0 Å². The Morgan fingerprint density at radius 1 is 1.09 bits per heavy atom. The van der Waals surface area contributed by atoms with Crippen molar-refractivity contribution in [1.29, 1.82) is 0 Å². The van der Waals surface area contributed by atoms with Crippen molar-refractivity contribution in [3.63, 3.8) is 0 Å². The quantitative estimate of drug-likeness (QED) is 0.431. The molecule has 1 amide bonds. The Bertz CT molecular complexity index is 1180. The number of carbonyl (C=O) groups excluding carboxylic acids is 2. The van der Waals surface area contributed by atoms with Crippen LogP contribution in [0.3, 0.4) is 0 Å². The van der Waals surface area contributed by atoms with Crippen molar-refractivity contribution in [3.8, 4) is 0 Å². The normalized spacial score (nSPS) is 12.1. The number of hydrogen-bond acceptors (Lipinski definition) is 5. The lowest BCUT2D eigenvalue weighted by atomic mass is 9.89. The summed E-state index contributed by atoms with van der Waals surface area (Å²) in [6.07, 6.45) is 1.41. The molecule has 0 saturated heterocycles. The molecule has 0 aliphatic carbocycles. The number of nitrogens with one attached hydrogen (secondary N) is 1. The first-order chi connectivity index (χ1) is 15.5. The fraction of sp³-hybridized carbons (Fsp3) is 0.346. The number of nitrogens with zero attached hydrogens (tertiary/aromatic N) is 1. The molecule has 1 aromatic heterocycles. The molecule has 4 N–H and O–H groups in total. The van der Waals surface area contributed by atoms with Gasteiger partial charge >= 0.3 is 0 Å². The molecule has 1 atom stereocenters. The Morgan fingerprint density at radius 3 is 2.47 bits per heavy atom. The van der Waals surface area contributed by atoms with E-state index in [-0.39, 0.29) is 39.0 Å². The van der Waals surface area contributed by atoms with Gasteiger partial charge in [0.25, 0.3) is 0 Å². The maximum Gasteiger partial charge on any atom is 0.224 e. The van der Waals surface area contributed by atoms with E-state index in [1.807, 2.05) is 24.3 Å². The second-order valence-electron chi connectivity index (χ2n) is 8.85. The monoisotopic (exact) mass is 471 g/mol. The molecule has 0 aliphatic heterocycles. The average molecular weight is 472 g/mol. The number of anilines is 1. The van der Waals surface area contributed by atoms with Gasteiger partial charge in [0.05, 0.1) is 5.60 Å². The highest BCUT2D eigenvalue weighted by Crippen LogP contribution is 2.21. The number of fused-ring (bicyclic) bond motifs is 1. The summed E-state index contributed by atoms with van der Waals surface area (Å²) < 4.78 is 26.9. The van der Waals surface area contributed by atoms with E-state index in [1.54, 1.807) is 6.20 Å². The summed E-state index contributed by atoms with van der Waals surface area (Å²) in [4.78, 5) is 29.5. The lowest BCUT2D eigenvalue weighted by Gasteiger charge is -2.20. The van der Waals surface area contributed by atoms with Crippen molar-refractivity contribution >= 4 is 28.3 Å². The largest absolute Gasteiger partial charge is 0.390 e. The van der Waals surface area contributed by atoms with Gasteiger partial charge in [-0.2, -0.15) is 0 Å². The number of halogens is 2. The number of aliphatic hydroxyl groups is 1. The van der Waals surface area contributed by atoms with Crippen LogP contribution in [0.15, 0.2) is 48.7 Å². The summed E-state index contributed by atoms with van der Waals surface area (Å²) in [5.74, 6) is -3.06. The van der Waals surface area contributed by atoms with Gasteiger partial charge in [-0.1, -0.05) is 25.6 Å². The van der Waals surface area contributed by atoms with Gasteiger partial charge in [-0.05, 0) is 61.0 Å². The van der Waals surface area contributed by atoms with Crippen molar-refractivity contribution in [1.82, 2.24) is 10.3 Å². The Kier molecular flexibility index (Phi) is 8.81. The van der Waals surface area contributed by atoms with E-state index in [1.165, 1.54) is 19.9 Å². The van der Waals surface area contributed by atoms with Gasteiger partial charge in [0, 0.05) is 36.9 Å². The minimum Gasteiger partial charge on any atom is -0.390 e. The first-order valence-electron chi connectivity index (χ1n) is 10.6. The van der Waals surface area contributed by atoms with Crippen LogP contribution in [0, 0.1) is 17.6 Å². The molecule has 34 heavy (non-hydrogen) atoms. The number of benzene rings is 2. The second kappa shape index (κ2) is 11.2. The van der Waals surface area contributed by atoms with E-state index in [2.05, 4.69) is 10.3 Å². The Labute approximate surface area is 198 Å². The minimum absolute atomic E-state index is 0. The van der Waals surface area contributed by atoms with Crippen molar-refractivity contribution in [3.05, 3.63) is 71.4 Å². The molecule has 8 heteroatoms. The molecule has 6 nitrogen and oxygen atoms in total. The van der Waals surface area contributed by atoms with E-state index in [0.717, 1.165) is 28.5 Å². The fourth-order valence-corrected chi connectivity index (χ4v) is 3.73. The summed E-state index contributed by atoms with van der Waals surface area (Å²) in [5.41, 5.74) is 5.90. The van der Waals surface area contributed by atoms with Crippen LogP contribution < -0.4 is 11.1 Å². The predicted molar refractivity (Wildman–Crippen MR) is 129 cm³/mol. The van der Waals surface area contributed by atoms with Gasteiger partial charge in [0.15, 0.2) is 11.6 Å². The highest BCUT2D eigenvalue weighted by atomic mass is 19.2. The summed E-state index contributed by atoms with van der Waals surface area (Å²) in [7, 11) is 0. The molecule has 0 radical (unpaired) electrons. The molecule has 0 spiro atoms. The molecule has 3 aromatic rings. The second-order valence-corrected chi connectivity index (χ2v) is 8.85. The number of amides is 1. The van der Waals surface area contributed by atoms with Crippen LogP contribution in [0.4, 0.5) is 14.6 Å². The Hall–Kier alpha value is -3.39. The maximum atomic E-state index is 13.7. The number of aromatic nitrogens is 1. The van der Waals surface area contributed by atoms with Crippen LogP contribution in [-0.4, -0.2) is 27.4 Å². The summed E-state index contributed by atoms with van der Waals surface area (Å²) in [6.45, 7) is 3.24. The van der Waals surface area contributed by atoms with Gasteiger partial charge in [-0.15, -0.1) is 0 Å². The third-order valence-electron chi connectivity index (χ3n) is 5.27. The van der Waals surface area contributed by atoms with Crippen molar-refractivity contribution in [2.45, 2.75) is 52.7 Å². The molecule has 0 fully saturated rings. The van der Waals surface area contributed by atoms with Crippen LogP contribution >= 0.6 is 0 Å². The minimum atomic E-state index is -1.21. The number of nitrogens with two attached hydrogens (primary N) is 1. The number of carbonyl (C=O) groups is 2. The number of hydrogen-bond donors (Lipinski definition) is 3. The highest BCUT2D eigenvalue weighted by molar-refractivity contribution is 5.91. The predicted octanol–water partition coefficient (Wildman–Crippen LogP) is 4.33. The SMILES string of the molecule is C.CC(C)(O)CC(=O)C[C@@H](Cc1ccc(F)c(F)c1)C(=O)NCc1ccc2c(N)nccc2c1. The van der Waals surface area contributed by atoms with E-state index in [4.69, 9.17) is 5.73 Å². The van der Waals surface area contributed by atoms with Crippen LogP contribution in [0.25, 0.3) is 10.8 Å². The topological polar surface area (TPSA) is 105 Å². The molecule has 2 aromatic carbocycles. The fourth-order valence-electron chi connectivity index (χ4n) is 3.73. The Morgan fingerprint density at radius 2 is 1.79 bits per heavy atom. The lowest BCUT2D eigenvalue weighted by Crippen LogP contribution is -2.34. The van der Waals surface area contributed by atoms with Crippen molar-refractivity contribution in [2.75, 3.05) is 5.73 Å². The molecular weight excluding hydrogens is 440 g/mol. The standard InChI is InChI=1S/C25H27F2N3O3.CH4/c1-25(2,33)13-19(31)12-18(9-15-4-6-21(26)22(27)11-15)24(32)30-14-16-3-5-20-17(10-16)7-8-29-23(20)28;/h3-8,10-11,18,33H,9,12-14H2,1-2H3,(H2,28,29)(H,30,32);1H4/t18-;/m1./s1. The third kappa shape index (κ3) is 7.31.